The van der Waals surface area contributed by atoms with Crippen molar-refractivity contribution >= 4 is 52.0 Å². The van der Waals surface area contributed by atoms with Gasteiger partial charge in [0.05, 0.1) is 57.9 Å². The van der Waals surface area contributed by atoms with Crippen LogP contribution in [0.3, 0.4) is 0 Å². The maximum Gasteiger partial charge on any atom is 0.336 e. The Labute approximate surface area is 420 Å². The summed E-state index contributed by atoms with van der Waals surface area (Å²) >= 11 is 0. The second kappa shape index (κ2) is 22.4. The number of hydrogen-bond donors (Lipinski definition) is 2. The van der Waals surface area contributed by atoms with E-state index in [-0.39, 0.29) is 13.2 Å². The second-order valence-electron chi connectivity index (χ2n) is 18.6. The minimum Gasteiger partial charge on any atom is -0.478 e. The van der Waals surface area contributed by atoms with E-state index < -0.39 is 35.4 Å². The molecular formula is C59H63N5O8. The molecule has 0 saturated carbocycles. The Morgan fingerprint density at radius 2 is 1.38 bits per heavy atom. The monoisotopic (exact) mass is 969 g/mol. The number of fused-ring (bicyclic) bond motifs is 2. The van der Waals surface area contributed by atoms with Gasteiger partial charge in [0.2, 0.25) is 0 Å². The van der Waals surface area contributed by atoms with Gasteiger partial charge in [-0.05, 0) is 132 Å². The minimum absolute atomic E-state index is 0.194. The van der Waals surface area contributed by atoms with E-state index in [2.05, 4.69) is 65.7 Å². The topological polar surface area (TPSA) is 164 Å². The van der Waals surface area contributed by atoms with E-state index >= 15 is 0 Å². The van der Waals surface area contributed by atoms with Gasteiger partial charge in [-0.3, -0.25) is 0 Å². The summed E-state index contributed by atoms with van der Waals surface area (Å²) < 4.78 is 20.5. The average molecular weight is 970 g/mol. The van der Waals surface area contributed by atoms with Crippen LogP contribution in [0.1, 0.15) is 106 Å². The van der Waals surface area contributed by atoms with Gasteiger partial charge >= 0.3 is 23.9 Å². The molecule has 7 aromatic rings. The zero-order chi connectivity index (χ0) is 51.9. The number of aromatic carboxylic acids is 1. The Bertz CT molecular complexity index is 3230. The molecule has 0 bridgehead atoms. The van der Waals surface area contributed by atoms with Crippen LogP contribution in [0.5, 0.6) is 0 Å². The number of para-hydroxylation sites is 2. The van der Waals surface area contributed by atoms with Crippen molar-refractivity contribution in [1.29, 1.82) is 0 Å². The summed E-state index contributed by atoms with van der Waals surface area (Å²) in [5, 5.41) is 12.7. The Morgan fingerprint density at radius 3 is 2.00 bits per heavy atom. The average Bonchev–Trinajstić information content (AvgIpc) is 3.87. The molecule has 1 aliphatic rings. The number of rotatable bonds is 14. The molecule has 13 nitrogen and oxygen atoms in total. The SMILES string of the molecule is CCCc1nc2c(C)cc(-c3nc4ccccc4n3C)cc2n1Cc1ccc(-c2ccccc2C(=O)O)cc1.CCOC(=O)C1=C(C)NC(C)=C(C(=O)OCC)C1c1ccccc1/C=C/C(=O)OC(C)(C)C. The number of nitrogens with zero attached hydrogens (tertiary/aromatic N) is 4. The number of esters is 3. The van der Waals surface area contributed by atoms with E-state index in [1.165, 1.54) is 6.08 Å². The molecule has 2 N–H and O–H groups in total. The number of allylic oxidation sites excluding steroid dienone is 2. The zero-order valence-corrected chi connectivity index (χ0v) is 42.8. The highest BCUT2D eigenvalue weighted by Crippen LogP contribution is 2.41. The van der Waals surface area contributed by atoms with E-state index in [4.69, 9.17) is 24.2 Å². The summed E-state index contributed by atoms with van der Waals surface area (Å²) in [6, 6.07) is 35.2. The minimum atomic E-state index is -0.921. The van der Waals surface area contributed by atoms with Crippen molar-refractivity contribution < 1.29 is 38.5 Å². The number of carbonyl (C=O) groups is 4. The predicted molar refractivity (Wildman–Crippen MR) is 282 cm³/mol. The van der Waals surface area contributed by atoms with Crippen LogP contribution in [0.4, 0.5) is 0 Å². The van der Waals surface area contributed by atoms with Gasteiger partial charge in [0, 0.05) is 43.0 Å². The van der Waals surface area contributed by atoms with Crippen molar-refractivity contribution in [2.45, 2.75) is 93.2 Å². The van der Waals surface area contributed by atoms with Crippen LogP contribution in [0.15, 0.2) is 138 Å². The maximum atomic E-state index is 13.0. The first-order chi connectivity index (χ1) is 34.4. The molecule has 3 heterocycles. The number of hydrogen-bond acceptors (Lipinski definition) is 10. The molecule has 0 atom stereocenters. The molecule has 8 rings (SSSR count). The molecule has 0 spiro atoms. The molecule has 0 amide bonds. The predicted octanol–water partition coefficient (Wildman–Crippen LogP) is 11.7. The maximum absolute atomic E-state index is 13.0. The highest BCUT2D eigenvalue weighted by atomic mass is 16.6. The highest BCUT2D eigenvalue weighted by Gasteiger charge is 2.38. The smallest absolute Gasteiger partial charge is 0.336 e. The number of imidazole rings is 2. The van der Waals surface area contributed by atoms with Crippen molar-refractivity contribution in [3.8, 4) is 22.5 Å². The number of aryl methyl sites for hydroxylation is 3. The largest absolute Gasteiger partial charge is 0.478 e. The summed E-state index contributed by atoms with van der Waals surface area (Å²) in [5.41, 5.74) is 12.0. The lowest BCUT2D eigenvalue weighted by atomic mass is 9.78. The zero-order valence-electron chi connectivity index (χ0n) is 42.8. The van der Waals surface area contributed by atoms with Crippen molar-refractivity contribution in [1.82, 2.24) is 24.4 Å². The van der Waals surface area contributed by atoms with E-state index in [1.807, 2.05) is 66.7 Å². The van der Waals surface area contributed by atoms with E-state index in [1.54, 1.807) is 66.7 Å². The Morgan fingerprint density at radius 1 is 0.750 bits per heavy atom. The normalized spacial score (nSPS) is 13.0. The number of dihydropyridines is 1. The molecule has 72 heavy (non-hydrogen) atoms. The fraction of sp³-hybridized carbons (Fsp3) is 0.288. The van der Waals surface area contributed by atoms with Crippen LogP contribution in [-0.2, 0) is 48.6 Å². The first-order valence-corrected chi connectivity index (χ1v) is 24.3. The van der Waals surface area contributed by atoms with Crippen molar-refractivity contribution in [3.05, 3.63) is 171 Å². The number of ether oxygens (including phenoxy) is 3. The highest BCUT2D eigenvalue weighted by molar-refractivity contribution is 6.01. The van der Waals surface area contributed by atoms with Crippen LogP contribution in [0.25, 0.3) is 50.7 Å². The summed E-state index contributed by atoms with van der Waals surface area (Å²) in [4.78, 5) is 59.9. The molecule has 0 fully saturated rings. The van der Waals surface area contributed by atoms with Crippen LogP contribution >= 0.6 is 0 Å². The molecule has 13 heteroatoms. The number of benzene rings is 5. The lowest BCUT2D eigenvalue weighted by Crippen LogP contribution is -2.32. The molecule has 5 aromatic carbocycles. The van der Waals surface area contributed by atoms with Gasteiger partial charge in [-0.15, -0.1) is 0 Å². The molecule has 1 aliphatic heterocycles. The second-order valence-corrected chi connectivity index (χ2v) is 18.6. The summed E-state index contributed by atoms with van der Waals surface area (Å²) in [5.74, 6) is -1.18. The first kappa shape index (κ1) is 51.8. The Hall–Kier alpha value is -8.06. The number of carboxylic acids is 1. The molecule has 0 unspecified atom stereocenters. The van der Waals surface area contributed by atoms with Crippen LogP contribution in [0, 0.1) is 6.92 Å². The lowest BCUT2D eigenvalue weighted by molar-refractivity contribution is -0.148. The van der Waals surface area contributed by atoms with E-state index in [0.29, 0.717) is 45.8 Å². The molecular weight excluding hydrogens is 907 g/mol. The van der Waals surface area contributed by atoms with Gasteiger partial charge < -0.3 is 33.8 Å². The standard InChI is InChI=1S/C33H30N4O2.C26H33NO6/c1-4-9-30-35-31-21(2)18-24(32-34-27-12-7-8-13-28(27)36(32)3)19-29(31)37(30)20-22-14-16-23(17-15-22)25-10-5-6-11-26(25)33(38)39;1-8-31-24(29)21-16(3)27-17(4)22(25(30)32-9-2)23(21)19-13-11-10-12-18(19)14-15-20(28)33-26(5,6)7/h5-8,10-19H,4,9,20H2,1-3H3,(H,38,39);10-15,23,27H,8-9H2,1-7H3/b;15-14+. The molecule has 372 valence electrons. The van der Waals surface area contributed by atoms with Crippen LogP contribution in [-0.4, -0.2) is 66.9 Å². The summed E-state index contributed by atoms with van der Waals surface area (Å²) in [6.07, 6.45) is 4.86. The Kier molecular flexibility index (Phi) is 16.1. The van der Waals surface area contributed by atoms with Gasteiger partial charge in [0.25, 0.3) is 0 Å². The fourth-order valence-electron chi connectivity index (χ4n) is 9.14. The van der Waals surface area contributed by atoms with Crippen molar-refractivity contribution in [2.75, 3.05) is 13.2 Å². The van der Waals surface area contributed by atoms with E-state index in [9.17, 15) is 24.3 Å². The van der Waals surface area contributed by atoms with Gasteiger partial charge in [0.1, 0.15) is 17.2 Å². The van der Waals surface area contributed by atoms with Crippen molar-refractivity contribution in [3.63, 3.8) is 0 Å². The van der Waals surface area contributed by atoms with Crippen LogP contribution in [0.2, 0.25) is 0 Å². The first-order valence-electron chi connectivity index (χ1n) is 24.3. The van der Waals surface area contributed by atoms with Gasteiger partial charge in [-0.25, -0.2) is 29.1 Å². The third kappa shape index (κ3) is 11.4. The molecule has 0 saturated heterocycles. The molecule has 2 aromatic heterocycles. The van der Waals surface area contributed by atoms with Gasteiger partial charge in [-0.1, -0.05) is 85.8 Å². The van der Waals surface area contributed by atoms with Gasteiger partial charge in [0.15, 0.2) is 0 Å². The van der Waals surface area contributed by atoms with Crippen LogP contribution < -0.4 is 5.32 Å². The Balaban J connectivity index is 0.000000215. The quantitative estimate of drug-likeness (QED) is 0.0605. The third-order valence-corrected chi connectivity index (χ3v) is 12.3. The van der Waals surface area contributed by atoms with Gasteiger partial charge in [-0.2, -0.15) is 0 Å². The lowest BCUT2D eigenvalue weighted by Gasteiger charge is -2.31. The summed E-state index contributed by atoms with van der Waals surface area (Å²) in [6.45, 7) is 17.7. The fourth-order valence-corrected chi connectivity index (χ4v) is 9.14. The third-order valence-electron chi connectivity index (χ3n) is 12.3. The number of carboxylic acid groups (broad SMARTS) is 1. The van der Waals surface area contributed by atoms with E-state index in [0.717, 1.165) is 74.4 Å². The number of nitrogens with one attached hydrogen (secondary N) is 1. The molecule has 0 radical (unpaired) electrons. The number of aromatic nitrogens is 4. The summed E-state index contributed by atoms with van der Waals surface area (Å²) in [7, 11) is 2.06. The molecule has 0 aliphatic carbocycles. The number of carbonyl (C=O) groups excluding carboxylic acids is 3. The van der Waals surface area contributed by atoms with Crippen molar-refractivity contribution in [2.24, 2.45) is 7.05 Å².